The van der Waals surface area contributed by atoms with E-state index in [9.17, 15) is 4.79 Å². The molecule has 0 radical (unpaired) electrons. The molecule has 4 nitrogen and oxygen atoms in total. The summed E-state index contributed by atoms with van der Waals surface area (Å²) in [5.41, 5.74) is 2.08. The maximum atomic E-state index is 11.7. The molecule has 19 heavy (non-hydrogen) atoms. The van der Waals surface area contributed by atoms with E-state index in [0.29, 0.717) is 6.04 Å². The third kappa shape index (κ3) is 2.81. The van der Waals surface area contributed by atoms with Crippen LogP contribution in [0.15, 0.2) is 24.3 Å². The Morgan fingerprint density at radius 3 is 3.05 bits per heavy atom. The summed E-state index contributed by atoms with van der Waals surface area (Å²) in [6.45, 7) is 3.75. The molecule has 2 amide bonds. The van der Waals surface area contributed by atoms with Crippen molar-refractivity contribution in [2.24, 2.45) is 0 Å². The number of rotatable bonds is 3. The van der Waals surface area contributed by atoms with Crippen molar-refractivity contribution in [1.82, 2.24) is 5.32 Å². The standard InChI is InChI=1S/C14H19N3OS/c1-10-7-12(9-19-10)16-11-3-2-4-13(8-11)17-6-5-15-14(17)18/h2-4,8,10,12,16H,5-7,9H2,1H3,(H,15,18). The van der Waals surface area contributed by atoms with Gasteiger partial charge in [0.25, 0.3) is 0 Å². The Labute approximate surface area is 117 Å². The van der Waals surface area contributed by atoms with E-state index in [4.69, 9.17) is 0 Å². The van der Waals surface area contributed by atoms with Crippen LogP contribution < -0.4 is 15.5 Å². The normalized spacial score (nSPS) is 26.6. The van der Waals surface area contributed by atoms with Gasteiger partial charge in [-0.15, -0.1) is 0 Å². The SMILES string of the molecule is CC1CC(Nc2cccc(N3CCNC3=O)c2)CS1. The van der Waals surface area contributed by atoms with Crippen molar-refractivity contribution in [3.8, 4) is 0 Å². The maximum absolute atomic E-state index is 11.7. The van der Waals surface area contributed by atoms with E-state index in [1.807, 2.05) is 23.9 Å². The van der Waals surface area contributed by atoms with Crippen molar-refractivity contribution in [2.45, 2.75) is 24.6 Å². The van der Waals surface area contributed by atoms with E-state index in [1.54, 1.807) is 4.90 Å². The van der Waals surface area contributed by atoms with Gasteiger partial charge in [0, 0.05) is 41.5 Å². The fourth-order valence-corrected chi connectivity index (χ4v) is 3.78. The van der Waals surface area contributed by atoms with E-state index >= 15 is 0 Å². The van der Waals surface area contributed by atoms with Crippen molar-refractivity contribution < 1.29 is 4.79 Å². The van der Waals surface area contributed by atoms with Crippen LogP contribution in [0.1, 0.15) is 13.3 Å². The number of nitrogens with one attached hydrogen (secondary N) is 2. The van der Waals surface area contributed by atoms with Gasteiger partial charge in [-0.1, -0.05) is 13.0 Å². The molecule has 2 atom stereocenters. The smallest absolute Gasteiger partial charge is 0.321 e. The fourth-order valence-electron chi connectivity index (χ4n) is 2.64. The number of thioether (sulfide) groups is 1. The predicted molar refractivity (Wildman–Crippen MR) is 81.1 cm³/mol. The number of carbonyl (C=O) groups is 1. The van der Waals surface area contributed by atoms with Crippen molar-refractivity contribution in [3.63, 3.8) is 0 Å². The molecule has 0 spiro atoms. The van der Waals surface area contributed by atoms with Crippen LogP contribution in [-0.4, -0.2) is 36.2 Å². The van der Waals surface area contributed by atoms with Gasteiger partial charge in [0.15, 0.2) is 0 Å². The fraction of sp³-hybridized carbons (Fsp3) is 0.500. The quantitative estimate of drug-likeness (QED) is 0.892. The molecule has 5 heteroatoms. The van der Waals surface area contributed by atoms with Crippen molar-refractivity contribution in [2.75, 3.05) is 29.1 Å². The highest BCUT2D eigenvalue weighted by Crippen LogP contribution is 2.29. The van der Waals surface area contributed by atoms with E-state index in [2.05, 4.69) is 29.7 Å². The molecule has 1 aromatic rings. The van der Waals surface area contributed by atoms with E-state index in [-0.39, 0.29) is 6.03 Å². The van der Waals surface area contributed by atoms with Gasteiger partial charge in [0.05, 0.1) is 0 Å². The van der Waals surface area contributed by atoms with Crippen LogP contribution in [0.3, 0.4) is 0 Å². The van der Waals surface area contributed by atoms with Crippen LogP contribution in [-0.2, 0) is 0 Å². The topological polar surface area (TPSA) is 44.4 Å². The van der Waals surface area contributed by atoms with Gasteiger partial charge in [0.2, 0.25) is 0 Å². The van der Waals surface area contributed by atoms with Gasteiger partial charge < -0.3 is 10.6 Å². The molecule has 2 aliphatic rings. The van der Waals surface area contributed by atoms with Crippen LogP contribution in [0.2, 0.25) is 0 Å². The Bertz CT molecular complexity index is 480. The summed E-state index contributed by atoms with van der Waals surface area (Å²) in [5, 5.41) is 7.14. The average Bonchev–Trinajstić information content (AvgIpc) is 2.99. The number of nitrogens with zero attached hydrogens (tertiary/aromatic N) is 1. The molecular formula is C14H19N3OS. The third-order valence-corrected chi connectivity index (χ3v) is 4.94. The number of hydrogen-bond acceptors (Lipinski definition) is 3. The lowest BCUT2D eigenvalue weighted by atomic mass is 10.2. The molecule has 2 unspecified atom stereocenters. The first-order chi connectivity index (χ1) is 9.22. The van der Waals surface area contributed by atoms with Crippen LogP contribution in [0.5, 0.6) is 0 Å². The van der Waals surface area contributed by atoms with Crippen LogP contribution >= 0.6 is 11.8 Å². The Hall–Kier alpha value is -1.36. The Kier molecular flexibility index (Phi) is 3.55. The molecule has 2 heterocycles. The molecule has 2 aliphatic heterocycles. The molecule has 1 aromatic carbocycles. The highest BCUT2D eigenvalue weighted by molar-refractivity contribution is 8.00. The first kappa shape index (κ1) is 12.7. The summed E-state index contributed by atoms with van der Waals surface area (Å²) in [4.78, 5) is 13.5. The zero-order valence-electron chi connectivity index (χ0n) is 11.1. The van der Waals surface area contributed by atoms with Crippen molar-refractivity contribution in [1.29, 1.82) is 0 Å². The van der Waals surface area contributed by atoms with Gasteiger partial charge in [-0.05, 0) is 24.6 Å². The van der Waals surface area contributed by atoms with Crippen LogP contribution in [0.25, 0.3) is 0 Å². The minimum absolute atomic E-state index is 0.00203. The highest BCUT2D eigenvalue weighted by Gasteiger charge is 2.23. The molecule has 0 aliphatic carbocycles. The Morgan fingerprint density at radius 1 is 1.47 bits per heavy atom. The maximum Gasteiger partial charge on any atom is 0.321 e. The first-order valence-electron chi connectivity index (χ1n) is 6.76. The molecule has 0 bridgehead atoms. The van der Waals surface area contributed by atoms with Crippen LogP contribution in [0, 0.1) is 0 Å². The second-order valence-corrected chi connectivity index (χ2v) is 6.63. The lowest BCUT2D eigenvalue weighted by Gasteiger charge is -2.18. The zero-order valence-corrected chi connectivity index (χ0v) is 11.9. The number of amides is 2. The van der Waals surface area contributed by atoms with Crippen LogP contribution in [0.4, 0.5) is 16.2 Å². The minimum Gasteiger partial charge on any atom is -0.381 e. The zero-order chi connectivity index (χ0) is 13.2. The molecule has 2 N–H and O–H groups in total. The molecule has 2 saturated heterocycles. The van der Waals surface area contributed by atoms with E-state index < -0.39 is 0 Å². The van der Waals surface area contributed by atoms with Gasteiger partial charge in [0.1, 0.15) is 0 Å². The molecule has 0 aromatic heterocycles. The summed E-state index contributed by atoms with van der Waals surface area (Å²) in [6, 6.07) is 8.69. The number of anilines is 2. The van der Waals surface area contributed by atoms with Gasteiger partial charge >= 0.3 is 6.03 Å². The second kappa shape index (κ2) is 5.33. The van der Waals surface area contributed by atoms with Gasteiger partial charge in [-0.2, -0.15) is 11.8 Å². The van der Waals surface area contributed by atoms with E-state index in [1.165, 1.54) is 6.42 Å². The Balaban J connectivity index is 1.71. The third-order valence-electron chi connectivity index (χ3n) is 3.58. The number of urea groups is 1. The summed E-state index contributed by atoms with van der Waals surface area (Å²) in [6.07, 6.45) is 1.21. The molecule has 3 rings (SSSR count). The number of benzene rings is 1. The lowest BCUT2D eigenvalue weighted by molar-refractivity contribution is 0.252. The average molecular weight is 277 g/mol. The molecule has 102 valence electrons. The van der Waals surface area contributed by atoms with E-state index in [0.717, 1.165) is 35.5 Å². The lowest BCUT2D eigenvalue weighted by Crippen LogP contribution is -2.27. The number of hydrogen-bond donors (Lipinski definition) is 2. The second-order valence-electron chi connectivity index (χ2n) is 5.15. The Morgan fingerprint density at radius 2 is 2.37 bits per heavy atom. The highest BCUT2D eigenvalue weighted by atomic mass is 32.2. The summed E-state index contributed by atoms with van der Waals surface area (Å²) < 4.78 is 0. The van der Waals surface area contributed by atoms with Crippen molar-refractivity contribution >= 4 is 29.2 Å². The number of carbonyl (C=O) groups excluding carboxylic acids is 1. The summed E-state index contributed by atoms with van der Waals surface area (Å²) >= 11 is 2.02. The minimum atomic E-state index is 0.00203. The summed E-state index contributed by atoms with van der Waals surface area (Å²) in [7, 11) is 0. The van der Waals surface area contributed by atoms with Gasteiger partial charge in [-0.25, -0.2) is 4.79 Å². The van der Waals surface area contributed by atoms with Crippen molar-refractivity contribution in [3.05, 3.63) is 24.3 Å². The predicted octanol–water partition coefficient (Wildman–Crippen LogP) is 2.52. The first-order valence-corrected chi connectivity index (χ1v) is 7.81. The largest absolute Gasteiger partial charge is 0.381 e. The molecular weight excluding hydrogens is 258 g/mol. The molecule has 2 fully saturated rings. The molecule has 0 saturated carbocycles. The van der Waals surface area contributed by atoms with Gasteiger partial charge in [-0.3, -0.25) is 4.90 Å². The monoisotopic (exact) mass is 277 g/mol. The summed E-state index contributed by atoms with van der Waals surface area (Å²) in [5.74, 6) is 1.16.